The molecule has 4 heterocycles. The molecule has 0 bridgehead atoms. The molecule has 27 heavy (non-hydrogen) atoms. The molecule has 1 saturated heterocycles. The molecule has 0 saturated carbocycles. The summed E-state index contributed by atoms with van der Waals surface area (Å²) in [4.78, 5) is 13.8. The lowest BCUT2D eigenvalue weighted by molar-refractivity contribution is -0.0947. The SMILES string of the molecule is C=c1cc(N(C)C)c2cn([C@@H]3O[C@H](CO)[C@@H](O)C3(C)O)c3ncnc([nH]1)c23. The van der Waals surface area contributed by atoms with Crippen LogP contribution in [0.5, 0.6) is 0 Å². The average molecular weight is 373 g/mol. The number of rotatable bonds is 3. The second-order valence-corrected chi connectivity index (χ2v) is 7.33. The largest absolute Gasteiger partial charge is 0.394 e. The van der Waals surface area contributed by atoms with Gasteiger partial charge in [0, 0.05) is 36.7 Å². The molecule has 1 aliphatic rings. The molecule has 0 amide bonds. The van der Waals surface area contributed by atoms with E-state index in [2.05, 4.69) is 21.5 Å². The second-order valence-electron chi connectivity index (χ2n) is 7.33. The standard InChI is InChI=1S/C18H23N5O4/c1-9-5-11(22(3)4)10-6-23(16-13(10)15(21-9)19-8-20-16)17-18(2,26)14(25)12(7-24)27-17/h5-6,8,12,14,17,24-26H,1,7H2,2-4H3,(H,19,20,21)/t12-,14-,17-,18?/m1/s1. The molecule has 9 heteroatoms. The van der Waals surface area contributed by atoms with Crippen LogP contribution in [-0.4, -0.2) is 73.3 Å². The van der Waals surface area contributed by atoms with Gasteiger partial charge in [-0.15, -0.1) is 0 Å². The summed E-state index contributed by atoms with van der Waals surface area (Å²) in [6.45, 7) is 5.09. The molecule has 144 valence electrons. The number of hydrogen-bond acceptors (Lipinski definition) is 7. The summed E-state index contributed by atoms with van der Waals surface area (Å²) in [6, 6.07) is 1.90. The van der Waals surface area contributed by atoms with Gasteiger partial charge in [0.1, 0.15) is 35.4 Å². The van der Waals surface area contributed by atoms with Gasteiger partial charge in [-0.25, -0.2) is 9.97 Å². The zero-order chi connectivity index (χ0) is 19.5. The van der Waals surface area contributed by atoms with E-state index in [0.717, 1.165) is 16.5 Å². The van der Waals surface area contributed by atoms with Crippen LogP contribution in [0.4, 0.5) is 5.69 Å². The van der Waals surface area contributed by atoms with Crippen molar-refractivity contribution in [3.8, 4) is 0 Å². The maximum atomic E-state index is 10.9. The van der Waals surface area contributed by atoms with Crippen LogP contribution in [0.25, 0.3) is 28.6 Å². The molecule has 0 radical (unpaired) electrons. The topological polar surface area (TPSA) is 120 Å². The third-order valence-electron chi connectivity index (χ3n) is 5.14. The van der Waals surface area contributed by atoms with Crippen molar-refractivity contribution in [1.29, 1.82) is 0 Å². The van der Waals surface area contributed by atoms with Gasteiger partial charge in [-0.3, -0.25) is 0 Å². The van der Waals surface area contributed by atoms with Crippen molar-refractivity contribution in [3.05, 3.63) is 23.9 Å². The van der Waals surface area contributed by atoms with Crippen molar-refractivity contribution in [3.63, 3.8) is 0 Å². The molecule has 3 aromatic heterocycles. The normalized spacial score (nSPS) is 28.3. The Bertz CT molecular complexity index is 1070. The summed E-state index contributed by atoms with van der Waals surface area (Å²) in [5, 5.41) is 33.0. The number of nitrogens with zero attached hydrogens (tertiary/aromatic N) is 4. The van der Waals surface area contributed by atoms with E-state index >= 15 is 0 Å². The molecule has 0 aliphatic carbocycles. The Morgan fingerprint density at radius 1 is 1.41 bits per heavy atom. The molecule has 9 nitrogen and oxygen atoms in total. The molecule has 4 atom stereocenters. The van der Waals surface area contributed by atoms with E-state index in [4.69, 9.17) is 4.74 Å². The molecule has 0 aromatic carbocycles. The van der Waals surface area contributed by atoms with E-state index < -0.39 is 30.6 Å². The molecule has 1 unspecified atom stereocenters. The minimum Gasteiger partial charge on any atom is -0.394 e. The summed E-state index contributed by atoms with van der Waals surface area (Å²) in [6.07, 6.45) is 0.198. The monoisotopic (exact) mass is 373 g/mol. The Hall–Kier alpha value is -2.46. The highest BCUT2D eigenvalue weighted by Crippen LogP contribution is 2.41. The fourth-order valence-corrected chi connectivity index (χ4v) is 3.74. The van der Waals surface area contributed by atoms with Crippen molar-refractivity contribution >= 4 is 34.3 Å². The summed E-state index contributed by atoms with van der Waals surface area (Å²) in [7, 11) is 3.84. The van der Waals surface area contributed by atoms with Gasteiger partial charge in [0.15, 0.2) is 6.23 Å². The van der Waals surface area contributed by atoms with Crippen LogP contribution in [0.1, 0.15) is 13.2 Å². The van der Waals surface area contributed by atoms with Gasteiger partial charge in [0.25, 0.3) is 0 Å². The Morgan fingerprint density at radius 3 is 2.78 bits per heavy atom. The number of hydrogen-bond donors (Lipinski definition) is 4. The molecule has 4 N–H and O–H groups in total. The van der Waals surface area contributed by atoms with Crippen molar-refractivity contribution in [2.75, 3.05) is 25.6 Å². The van der Waals surface area contributed by atoms with E-state index in [0.29, 0.717) is 16.6 Å². The lowest BCUT2D eigenvalue weighted by Crippen LogP contribution is -2.44. The van der Waals surface area contributed by atoms with Crippen molar-refractivity contribution < 1.29 is 20.1 Å². The van der Waals surface area contributed by atoms with Crippen LogP contribution < -0.4 is 10.2 Å². The van der Waals surface area contributed by atoms with Crippen LogP contribution in [0.15, 0.2) is 18.6 Å². The number of aromatic amines is 1. The molecule has 1 aliphatic heterocycles. The Labute approximate surface area is 155 Å². The lowest BCUT2D eigenvalue weighted by Gasteiger charge is -2.27. The second kappa shape index (κ2) is 6.03. The van der Waals surface area contributed by atoms with Crippen LogP contribution >= 0.6 is 0 Å². The van der Waals surface area contributed by atoms with E-state index in [9.17, 15) is 15.3 Å². The molecule has 3 aromatic rings. The summed E-state index contributed by atoms with van der Waals surface area (Å²) in [5.41, 5.74) is 0.427. The first-order chi connectivity index (χ1) is 12.8. The Morgan fingerprint density at radius 2 is 2.15 bits per heavy atom. The highest BCUT2D eigenvalue weighted by atomic mass is 16.6. The van der Waals surface area contributed by atoms with Gasteiger partial charge in [0.05, 0.1) is 12.0 Å². The number of ether oxygens (including phenoxy) is 1. The smallest absolute Gasteiger partial charge is 0.167 e. The number of aromatic nitrogens is 4. The fraction of sp³-hybridized carbons (Fsp3) is 0.444. The fourth-order valence-electron chi connectivity index (χ4n) is 3.74. The van der Waals surface area contributed by atoms with Gasteiger partial charge in [-0.05, 0) is 13.0 Å². The number of aliphatic hydroxyl groups is 3. The van der Waals surface area contributed by atoms with E-state index in [1.54, 1.807) is 4.57 Å². The predicted octanol–water partition coefficient (Wildman–Crippen LogP) is -0.328. The maximum Gasteiger partial charge on any atom is 0.167 e. The van der Waals surface area contributed by atoms with Gasteiger partial charge in [-0.1, -0.05) is 6.58 Å². The first-order valence-electron chi connectivity index (χ1n) is 8.63. The molecule has 1 fully saturated rings. The highest BCUT2D eigenvalue weighted by Gasteiger charge is 2.53. The predicted molar refractivity (Wildman–Crippen MR) is 101 cm³/mol. The summed E-state index contributed by atoms with van der Waals surface area (Å²) in [5.74, 6) is 0. The lowest BCUT2D eigenvalue weighted by atomic mass is 9.96. The summed E-state index contributed by atoms with van der Waals surface area (Å²) < 4.78 is 7.46. The third kappa shape index (κ3) is 2.54. The zero-order valence-corrected chi connectivity index (χ0v) is 15.4. The summed E-state index contributed by atoms with van der Waals surface area (Å²) >= 11 is 0. The van der Waals surface area contributed by atoms with E-state index in [-0.39, 0.29) is 0 Å². The van der Waals surface area contributed by atoms with Crippen LogP contribution in [-0.2, 0) is 4.74 Å². The number of anilines is 1. The molecular weight excluding hydrogens is 350 g/mol. The number of H-pyrrole nitrogens is 1. The minimum atomic E-state index is -1.61. The number of aliphatic hydroxyl groups excluding tert-OH is 2. The first-order valence-corrected chi connectivity index (χ1v) is 8.63. The van der Waals surface area contributed by atoms with Gasteiger partial charge in [0.2, 0.25) is 0 Å². The van der Waals surface area contributed by atoms with Crippen molar-refractivity contribution in [2.24, 2.45) is 0 Å². The Balaban J connectivity index is 2.05. The Kier molecular flexibility index (Phi) is 4.00. The highest BCUT2D eigenvalue weighted by molar-refractivity contribution is 6.09. The van der Waals surface area contributed by atoms with Crippen molar-refractivity contribution in [2.45, 2.75) is 31.0 Å². The van der Waals surface area contributed by atoms with Gasteiger partial charge < -0.3 is 34.5 Å². The zero-order valence-electron chi connectivity index (χ0n) is 15.4. The average Bonchev–Trinajstić information content (AvgIpc) is 3.03. The van der Waals surface area contributed by atoms with Gasteiger partial charge in [-0.2, -0.15) is 0 Å². The first kappa shape index (κ1) is 17.9. The quantitative estimate of drug-likeness (QED) is 0.496. The maximum absolute atomic E-state index is 10.9. The van der Waals surface area contributed by atoms with Crippen LogP contribution in [0, 0.1) is 0 Å². The molecular formula is C18H23N5O4. The number of nitrogens with one attached hydrogen (secondary N) is 1. The van der Waals surface area contributed by atoms with Crippen LogP contribution in [0.3, 0.4) is 0 Å². The van der Waals surface area contributed by atoms with Crippen LogP contribution in [0.2, 0.25) is 0 Å². The van der Waals surface area contributed by atoms with E-state index in [1.807, 2.05) is 31.3 Å². The van der Waals surface area contributed by atoms with Gasteiger partial charge >= 0.3 is 0 Å². The third-order valence-corrected chi connectivity index (χ3v) is 5.14. The van der Waals surface area contributed by atoms with Crippen molar-refractivity contribution in [1.82, 2.24) is 19.5 Å². The molecule has 0 spiro atoms. The minimum absolute atomic E-state index is 0.398. The van der Waals surface area contributed by atoms with E-state index in [1.165, 1.54) is 13.3 Å². The molecule has 4 rings (SSSR count).